The maximum atomic E-state index is 9.00. The van der Waals surface area contributed by atoms with Gasteiger partial charge in [-0.1, -0.05) is 24.6 Å². The van der Waals surface area contributed by atoms with Crippen LogP contribution < -0.4 is 0 Å². The zero-order chi connectivity index (χ0) is 9.80. The van der Waals surface area contributed by atoms with E-state index in [2.05, 4.69) is 16.0 Å². The van der Waals surface area contributed by atoms with E-state index in [-0.39, 0.29) is 5.92 Å². The van der Waals surface area contributed by atoms with Crippen molar-refractivity contribution in [2.45, 2.75) is 36.1 Å². The van der Waals surface area contributed by atoms with E-state index < -0.39 is 0 Å². The van der Waals surface area contributed by atoms with Gasteiger partial charge in [0.25, 0.3) is 0 Å². The average Bonchev–Trinajstić information content (AvgIpc) is 2.71. The van der Waals surface area contributed by atoms with Crippen LogP contribution in [-0.4, -0.2) is 15.2 Å². The predicted octanol–water partition coefficient (Wildman–Crippen LogP) is 2.58. The molecule has 1 N–H and O–H groups in total. The van der Waals surface area contributed by atoms with Crippen LogP contribution in [0.25, 0.3) is 0 Å². The van der Waals surface area contributed by atoms with Crippen LogP contribution in [0.3, 0.4) is 0 Å². The number of imidazole rings is 1. The molecule has 3 nitrogen and oxygen atoms in total. The first-order chi connectivity index (χ1) is 6.90. The van der Waals surface area contributed by atoms with Gasteiger partial charge in [-0.15, -0.1) is 0 Å². The summed E-state index contributed by atoms with van der Waals surface area (Å²) in [6, 6.07) is 2.40. The van der Waals surface area contributed by atoms with Crippen molar-refractivity contribution in [3.8, 4) is 6.07 Å². The van der Waals surface area contributed by atoms with Crippen LogP contribution in [0.4, 0.5) is 0 Å². The predicted molar refractivity (Wildman–Crippen MR) is 55.8 cm³/mol. The van der Waals surface area contributed by atoms with Crippen molar-refractivity contribution in [1.29, 1.82) is 5.26 Å². The number of nitriles is 1. The van der Waals surface area contributed by atoms with E-state index >= 15 is 0 Å². The van der Waals surface area contributed by atoms with Crippen LogP contribution in [0.1, 0.15) is 25.7 Å². The molecule has 1 aromatic heterocycles. The summed E-state index contributed by atoms with van der Waals surface area (Å²) in [6.07, 6.45) is 8.22. The lowest BCUT2D eigenvalue weighted by molar-refractivity contribution is 0.439. The Labute approximate surface area is 87.9 Å². The van der Waals surface area contributed by atoms with Crippen LogP contribution in [-0.2, 0) is 0 Å². The van der Waals surface area contributed by atoms with Crippen LogP contribution >= 0.6 is 11.8 Å². The van der Waals surface area contributed by atoms with E-state index in [0.29, 0.717) is 5.25 Å². The minimum Gasteiger partial charge on any atom is -0.340 e. The highest BCUT2D eigenvalue weighted by atomic mass is 32.2. The molecule has 0 saturated heterocycles. The first kappa shape index (κ1) is 9.60. The SMILES string of the molecule is N#CC1CCCCC1Sc1ncc[nH]1. The Balaban J connectivity index is 1.99. The lowest BCUT2D eigenvalue weighted by Gasteiger charge is -2.24. The van der Waals surface area contributed by atoms with Crippen LogP contribution in [0.5, 0.6) is 0 Å². The van der Waals surface area contributed by atoms with Gasteiger partial charge in [0.1, 0.15) is 0 Å². The molecule has 2 unspecified atom stereocenters. The second-order valence-electron chi connectivity index (χ2n) is 3.57. The fourth-order valence-electron chi connectivity index (χ4n) is 1.84. The van der Waals surface area contributed by atoms with E-state index in [1.165, 1.54) is 12.8 Å². The molecule has 14 heavy (non-hydrogen) atoms. The van der Waals surface area contributed by atoms with Crippen molar-refractivity contribution in [2.75, 3.05) is 0 Å². The monoisotopic (exact) mass is 207 g/mol. The smallest absolute Gasteiger partial charge is 0.165 e. The zero-order valence-corrected chi connectivity index (χ0v) is 8.76. The Morgan fingerprint density at radius 3 is 3.07 bits per heavy atom. The van der Waals surface area contributed by atoms with Gasteiger partial charge in [-0.2, -0.15) is 5.26 Å². The van der Waals surface area contributed by atoms with E-state index in [9.17, 15) is 0 Å². The van der Waals surface area contributed by atoms with Gasteiger partial charge in [-0.05, 0) is 12.8 Å². The van der Waals surface area contributed by atoms with Crippen molar-refractivity contribution in [2.24, 2.45) is 5.92 Å². The maximum absolute atomic E-state index is 9.00. The summed E-state index contributed by atoms with van der Waals surface area (Å²) < 4.78 is 0. The number of thioether (sulfide) groups is 1. The Kier molecular flexibility index (Phi) is 3.10. The van der Waals surface area contributed by atoms with E-state index in [1.807, 2.05) is 6.20 Å². The Hall–Kier alpha value is -0.950. The summed E-state index contributed by atoms with van der Waals surface area (Å²) in [5.74, 6) is 0.207. The van der Waals surface area contributed by atoms with Crippen molar-refractivity contribution in [1.82, 2.24) is 9.97 Å². The molecule has 1 aliphatic carbocycles. The van der Waals surface area contributed by atoms with Gasteiger partial charge in [0.2, 0.25) is 0 Å². The molecule has 0 aliphatic heterocycles. The minimum absolute atomic E-state index is 0.207. The lowest BCUT2D eigenvalue weighted by Crippen LogP contribution is -2.20. The quantitative estimate of drug-likeness (QED) is 0.811. The molecule has 0 bridgehead atoms. The highest BCUT2D eigenvalue weighted by Gasteiger charge is 2.26. The molecule has 0 aromatic carbocycles. The molecule has 2 rings (SSSR count). The van der Waals surface area contributed by atoms with E-state index in [0.717, 1.165) is 18.0 Å². The molecule has 1 saturated carbocycles. The van der Waals surface area contributed by atoms with Gasteiger partial charge < -0.3 is 4.98 Å². The Morgan fingerprint density at radius 2 is 2.36 bits per heavy atom. The first-order valence-corrected chi connectivity index (χ1v) is 5.84. The van der Waals surface area contributed by atoms with Gasteiger partial charge >= 0.3 is 0 Å². The highest BCUT2D eigenvalue weighted by Crippen LogP contribution is 2.35. The fraction of sp³-hybridized carbons (Fsp3) is 0.600. The number of nitrogens with one attached hydrogen (secondary N) is 1. The van der Waals surface area contributed by atoms with E-state index in [1.54, 1.807) is 18.0 Å². The van der Waals surface area contributed by atoms with Crippen molar-refractivity contribution in [3.63, 3.8) is 0 Å². The first-order valence-electron chi connectivity index (χ1n) is 4.96. The van der Waals surface area contributed by atoms with Gasteiger partial charge in [0.15, 0.2) is 5.16 Å². The molecule has 0 spiro atoms. The zero-order valence-electron chi connectivity index (χ0n) is 7.94. The second-order valence-corrected chi connectivity index (χ2v) is 4.80. The van der Waals surface area contributed by atoms with Crippen molar-refractivity contribution in [3.05, 3.63) is 12.4 Å². The molecule has 1 heterocycles. The largest absolute Gasteiger partial charge is 0.340 e. The molecule has 1 aromatic rings. The third-order valence-corrected chi connectivity index (χ3v) is 3.92. The summed E-state index contributed by atoms with van der Waals surface area (Å²) in [6.45, 7) is 0. The number of aromatic amines is 1. The summed E-state index contributed by atoms with van der Waals surface area (Å²) in [5, 5.41) is 10.4. The highest BCUT2D eigenvalue weighted by molar-refractivity contribution is 7.99. The van der Waals surface area contributed by atoms with Gasteiger partial charge in [0.05, 0.1) is 12.0 Å². The normalized spacial score (nSPS) is 27.1. The van der Waals surface area contributed by atoms with Crippen LogP contribution in [0, 0.1) is 17.2 Å². The third-order valence-electron chi connectivity index (χ3n) is 2.60. The van der Waals surface area contributed by atoms with Gasteiger partial charge in [0, 0.05) is 17.6 Å². The summed E-state index contributed by atoms with van der Waals surface area (Å²) in [5.41, 5.74) is 0. The minimum atomic E-state index is 0.207. The number of hydrogen-bond donors (Lipinski definition) is 1. The molecule has 4 heteroatoms. The van der Waals surface area contributed by atoms with Crippen LogP contribution in [0.15, 0.2) is 17.6 Å². The number of hydrogen-bond acceptors (Lipinski definition) is 3. The second kappa shape index (κ2) is 4.52. The topological polar surface area (TPSA) is 52.5 Å². The molecular weight excluding hydrogens is 194 g/mol. The Morgan fingerprint density at radius 1 is 1.50 bits per heavy atom. The molecule has 0 amide bonds. The molecular formula is C10H13N3S. The molecule has 74 valence electrons. The molecule has 1 fully saturated rings. The summed E-state index contributed by atoms with van der Waals surface area (Å²) in [4.78, 5) is 7.25. The van der Waals surface area contributed by atoms with E-state index in [4.69, 9.17) is 5.26 Å². The maximum Gasteiger partial charge on any atom is 0.165 e. The van der Waals surface area contributed by atoms with Crippen molar-refractivity contribution >= 4 is 11.8 Å². The number of rotatable bonds is 2. The lowest BCUT2D eigenvalue weighted by atomic mass is 9.90. The molecule has 1 aliphatic rings. The average molecular weight is 207 g/mol. The third kappa shape index (κ3) is 2.10. The molecule has 0 radical (unpaired) electrons. The number of H-pyrrole nitrogens is 1. The van der Waals surface area contributed by atoms with Crippen molar-refractivity contribution < 1.29 is 0 Å². The van der Waals surface area contributed by atoms with Gasteiger partial charge in [-0.25, -0.2) is 4.98 Å². The van der Waals surface area contributed by atoms with Gasteiger partial charge in [-0.3, -0.25) is 0 Å². The Bertz CT molecular complexity index is 315. The fourth-order valence-corrected chi connectivity index (χ4v) is 3.03. The number of aromatic nitrogens is 2. The molecule has 2 atom stereocenters. The summed E-state index contributed by atoms with van der Waals surface area (Å²) in [7, 11) is 0. The van der Waals surface area contributed by atoms with Crippen LogP contribution in [0.2, 0.25) is 0 Å². The standard InChI is InChI=1S/C10H13N3S/c11-7-8-3-1-2-4-9(8)14-10-12-5-6-13-10/h5-6,8-9H,1-4H2,(H,12,13). The number of nitrogens with zero attached hydrogens (tertiary/aromatic N) is 2. The summed E-state index contributed by atoms with van der Waals surface area (Å²) >= 11 is 1.71.